The molecule has 0 aliphatic carbocycles. The summed E-state index contributed by atoms with van der Waals surface area (Å²) in [5.74, 6) is 0. The van der Waals surface area contributed by atoms with E-state index in [0.717, 1.165) is 17.0 Å². The molecule has 2 aromatic rings. The van der Waals surface area contributed by atoms with E-state index in [9.17, 15) is 8.42 Å². The van der Waals surface area contributed by atoms with Gasteiger partial charge >= 0.3 is 0 Å². The maximum absolute atomic E-state index is 12.1. The van der Waals surface area contributed by atoms with Gasteiger partial charge in [0.2, 0.25) is 10.0 Å². The molecule has 114 valence electrons. The Morgan fingerprint density at radius 3 is 2.38 bits per heavy atom. The van der Waals surface area contributed by atoms with Crippen LogP contribution in [0.5, 0.6) is 0 Å². The van der Waals surface area contributed by atoms with Crippen LogP contribution in [0.25, 0.3) is 0 Å². The van der Waals surface area contributed by atoms with E-state index in [1.165, 1.54) is 12.1 Å². The summed E-state index contributed by atoms with van der Waals surface area (Å²) in [7, 11) is -1.62. The maximum Gasteiger partial charge on any atom is 0.240 e. The lowest BCUT2D eigenvalue weighted by Crippen LogP contribution is -2.26. The molecule has 1 aromatic heterocycles. The quantitative estimate of drug-likeness (QED) is 0.915. The van der Waals surface area contributed by atoms with Crippen LogP contribution in [0.4, 0.5) is 0 Å². The smallest absolute Gasteiger partial charge is 0.240 e. The lowest BCUT2D eigenvalue weighted by Gasteiger charge is -2.07. The van der Waals surface area contributed by atoms with E-state index in [4.69, 9.17) is 11.6 Å². The number of aryl methyl sites for hydroxylation is 2. The van der Waals surface area contributed by atoms with Gasteiger partial charge in [-0.1, -0.05) is 11.6 Å². The summed E-state index contributed by atoms with van der Waals surface area (Å²) in [5.41, 5.74) is 3.06. The zero-order valence-corrected chi connectivity index (χ0v) is 13.8. The van der Waals surface area contributed by atoms with Crippen molar-refractivity contribution in [3.63, 3.8) is 0 Å². The number of sulfonamides is 1. The summed E-state index contributed by atoms with van der Waals surface area (Å²) < 4.78 is 28.7. The predicted octanol–water partition coefficient (Wildman–Crippen LogP) is 2.21. The van der Waals surface area contributed by atoms with Crippen molar-refractivity contribution in [3.8, 4) is 0 Å². The largest absolute Gasteiger partial charge is 0.272 e. The molecule has 0 amide bonds. The number of halogens is 1. The van der Waals surface area contributed by atoms with Gasteiger partial charge in [0.1, 0.15) is 0 Å². The number of nitrogens with zero attached hydrogens (tertiary/aromatic N) is 2. The van der Waals surface area contributed by atoms with Gasteiger partial charge in [-0.15, -0.1) is 0 Å². The molecule has 0 aliphatic rings. The zero-order valence-electron chi connectivity index (χ0n) is 12.2. The molecular formula is C14H18ClN3O2S. The fraction of sp³-hybridized carbons (Fsp3) is 0.357. The third kappa shape index (κ3) is 3.64. The molecule has 0 bridgehead atoms. The van der Waals surface area contributed by atoms with Crippen LogP contribution in [0.2, 0.25) is 5.02 Å². The molecule has 0 atom stereocenters. The summed E-state index contributed by atoms with van der Waals surface area (Å²) in [6, 6.07) is 6.10. The second-order valence-electron chi connectivity index (χ2n) is 4.87. The van der Waals surface area contributed by atoms with E-state index < -0.39 is 10.0 Å². The molecule has 1 heterocycles. The monoisotopic (exact) mass is 327 g/mol. The van der Waals surface area contributed by atoms with Crippen molar-refractivity contribution in [1.82, 2.24) is 14.5 Å². The Labute approximate surface area is 130 Å². The van der Waals surface area contributed by atoms with E-state index in [-0.39, 0.29) is 4.90 Å². The van der Waals surface area contributed by atoms with Gasteiger partial charge in [-0.2, -0.15) is 5.10 Å². The van der Waals surface area contributed by atoms with Crippen LogP contribution in [0.15, 0.2) is 29.2 Å². The highest BCUT2D eigenvalue weighted by Gasteiger charge is 2.15. The highest BCUT2D eigenvalue weighted by molar-refractivity contribution is 7.89. The molecular weight excluding hydrogens is 310 g/mol. The lowest BCUT2D eigenvalue weighted by molar-refractivity contribution is 0.581. The Morgan fingerprint density at radius 2 is 1.86 bits per heavy atom. The number of hydrogen-bond donors (Lipinski definition) is 1. The van der Waals surface area contributed by atoms with Crippen LogP contribution in [-0.4, -0.2) is 24.7 Å². The van der Waals surface area contributed by atoms with Gasteiger partial charge in [0.15, 0.2) is 0 Å². The minimum atomic E-state index is -3.50. The van der Waals surface area contributed by atoms with E-state index in [1.807, 2.05) is 20.9 Å². The number of benzene rings is 1. The SMILES string of the molecule is Cc1nn(C)c(C)c1CCNS(=O)(=O)c1ccc(Cl)cc1. The second-order valence-corrected chi connectivity index (χ2v) is 7.08. The average molecular weight is 328 g/mol. The Hall–Kier alpha value is -1.37. The molecule has 0 saturated heterocycles. The van der Waals surface area contributed by atoms with Crippen LogP contribution >= 0.6 is 11.6 Å². The molecule has 5 nitrogen and oxygen atoms in total. The van der Waals surface area contributed by atoms with E-state index in [2.05, 4.69) is 9.82 Å². The van der Waals surface area contributed by atoms with Gasteiger partial charge in [0.05, 0.1) is 10.6 Å². The molecule has 7 heteroatoms. The first kappa shape index (κ1) is 16.0. The first-order chi connectivity index (χ1) is 9.81. The number of hydrogen-bond acceptors (Lipinski definition) is 3. The maximum atomic E-state index is 12.1. The Balaban J connectivity index is 2.04. The van der Waals surface area contributed by atoms with Crippen molar-refractivity contribution >= 4 is 21.6 Å². The van der Waals surface area contributed by atoms with Crippen LogP contribution in [-0.2, 0) is 23.5 Å². The number of nitrogens with one attached hydrogen (secondary N) is 1. The minimum absolute atomic E-state index is 0.214. The lowest BCUT2D eigenvalue weighted by atomic mass is 10.1. The third-order valence-electron chi connectivity index (χ3n) is 3.45. The summed E-state index contributed by atoms with van der Waals surface area (Å²) in [4.78, 5) is 0.214. The van der Waals surface area contributed by atoms with Gasteiger partial charge in [-0.25, -0.2) is 13.1 Å². The molecule has 2 rings (SSSR count). The molecule has 0 fully saturated rings. The minimum Gasteiger partial charge on any atom is -0.272 e. The predicted molar refractivity (Wildman–Crippen MR) is 83.0 cm³/mol. The first-order valence-electron chi connectivity index (χ1n) is 6.55. The van der Waals surface area contributed by atoms with Gasteiger partial charge in [0.25, 0.3) is 0 Å². The normalized spacial score (nSPS) is 11.8. The van der Waals surface area contributed by atoms with Crippen LogP contribution in [0.1, 0.15) is 17.0 Å². The van der Waals surface area contributed by atoms with Crippen molar-refractivity contribution in [3.05, 3.63) is 46.2 Å². The van der Waals surface area contributed by atoms with Gasteiger partial charge < -0.3 is 0 Å². The topological polar surface area (TPSA) is 64.0 Å². The first-order valence-corrected chi connectivity index (χ1v) is 8.41. The third-order valence-corrected chi connectivity index (χ3v) is 5.18. The van der Waals surface area contributed by atoms with Gasteiger partial charge in [-0.3, -0.25) is 4.68 Å². The van der Waals surface area contributed by atoms with Crippen molar-refractivity contribution < 1.29 is 8.42 Å². The number of aromatic nitrogens is 2. The van der Waals surface area contributed by atoms with E-state index in [1.54, 1.807) is 16.8 Å². The second kappa shape index (κ2) is 6.17. The molecule has 0 aliphatic heterocycles. The molecule has 1 N–H and O–H groups in total. The molecule has 21 heavy (non-hydrogen) atoms. The average Bonchev–Trinajstić information content (AvgIpc) is 2.65. The number of rotatable bonds is 5. The fourth-order valence-corrected chi connectivity index (χ4v) is 3.34. The Bertz CT molecular complexity index is 736. The Morgan fingerprint density at radius 1 is 1.24 bits per heavy atom. The van der Waals surface area contributed by atoms with Crippen LogP contribution < -0.4 is 4.72 Å². The van der Waals surface area contributed by atoms with Gasteiger partial charge in [0, 0.05) is 24.3 Å². The summed E-state index contributed by atoms with van der Waals surface area (Å²) >= 11 is 5.76. The van der Waals surface area contributed by atoms with Crippen LogP contribution in [0.3, 0.4) is 0 Å². The summed E-state index contributed by atoms with van der Waals surface area (Å²) in [6.45, 7) is 4.23. The highest BCUT2D eigenvalue weighted by Crippen LogP contribution is 2.15. The van der Waals surface area contributed by atoms with E-state index >= 15 is 0 Å². The zero-order chi connectivity index (χ0) is 15.6. The van der Waals surface area contributed by atoms with Gasteiger partial charge in [-0.05, 0) is 50.1 Å². The standard InChI is InChI=1S/C14H18ClN3O2S/c1-10-14(11(2)18(3)17-10)8-9-16-21(19,20)13-6-4-12(15)5-7-13/h4-7,16H,8-9H2,1-3H3. The van der Waals surface area contributed by atoms with Crippen molar-refractivity contribution in [2.45, 2.75) is 25.2 Å². The van der Waals surface area contributed by atoms with Crippen molar-refractivity contribution in [1.29, 1.82) is 0 Å². The van der Waals surface area contributed by atoms with Crippen LogP contribution in [0, 0.1) is 13.8 Å². The molecule has 0 unspecified atom stereocenters. The molecule has 1 aromatic carbocycles. The summed E-state index contributed by atoms with van der Waals surface area (Å²) in [6.07, 6.45) is 0.609. The van der Waals surface area contributed by atoms with Crippen molar-refractivity contribution in [2.75, 3.05) is 6.54 Å². The van der Waals surface area contributed by atoms with E-state index in [0.29, 0.717) is 18.0 Å². The molecule has 0 spiro atoms. The van der Waals surface area contributed by atoms with Crippen molar-refractivity contribution in [2.24, 2.45) is 7.05 Å². The fourth-order valence-electron chi connectivity index (χ4n) is 2.19. The molecule has 0 radical (unpaired) electrons. The summed E-state index contributed by atoms with van der Waals surface area (Å²) in [5, 5.41) is 4.83. The highest BCUT2D eigenvalue weighted by atomic mass is 35.5. The Kier molecular flexibility index (Phi) is 4.70. The molecule has 0 saturated carbocycles.